The number of amides is 1. The third kappa shape index (κ3) is 2.65. The first-order chi connectivity index (χ1) is 9.84. The van der Waals surface area contributed by atoms with Gasteiger partial charge in [0.1, 0.15) is 0 Å². The first-order valence-electron chi connectivity index (χ1n) is 6.13. The summed E-state index contributed by atoms with van der Waals surface area (Å²) in [5.41, 5.74) is 1.02. The third-order valence-electron chi connectivity index (χ3n) is 3.22. The van der Waals surface area contributed by atoms with Crippen LogP contribution in [0, 0.1) is 0 Å². The Morgan fingerprint density at radius 2 is 2.24 bits per heavy atom. The van der Waals surface area contributed by atoms with Crippen LogP contribution in [0.1, 0.15) is 23.3 Å². The van der Waals surface area contributed by atoms with Gasteiger partial charge in [-0.15, -0.1) is 11.3 Å². The molecule has 0 saturated carbocycles. The van der Waals surface area contributed by atoms with Crippen LogP contribution in [0.25, 0.3) is 10.7 Å². The van der Waals surface area contributed by atoms with Crippen molar-refractivity contribution in [2.24, 2.45) is 0 Å². The van der Waals surface area contributed by atoms with Crippen molar-refractivity contribution in [3.63, 3.8) is 0 Å². The molecule has 0 N–H and O–H groups in total. The van der Waals surface area contributed by atoms with Crippen molar-refractivity contribution in [2.75, 3.05) is 6.54 Å². The number of thiophene rings is 1. The number of fused-ring (bicyclic) bond motifs is 1. The fraction of sp³-hybridized carbons (Fsp3) is 0.417. The Morgan fingerprint density at radius 3 is 2.86 bits per heavy atom. The molecule has 0 atom stereocenters. The molecule has 0 radical (unpaired) electrons. The van der Waals surface area contributed by atoms with Gasteiger partial charge in [0, 0.05) is 18.3 Å². The molecule has 3 heterocycles. The molecule has 0 spiro atoms. The lowest BCUT2D eigenvalue weighted by Crippen LogP contribution is -2.33. The molecule has 2 aromatic heterocycles. The molecule has 2 aromatic rings. The maximum Gasteiger partial charge on any atom is 0.471 e. The monoisotopic (exact) mass is 317 g/mol. The van der Waals surface area contributed by atoms with Crippen LogP contribution < -0.4 is 0 Å². The van der Waals surface area contributed by atoms with E-state index in [9.17, 15) is 18.0 Å². The summed E-state index contributed by atoms with van der Waals surface area (Å²) in [6.45, 7) is 2.58. The lowest BCUT2D eigenvalue weighted by atomic mass is 10.1. The quantitative estimate of drug-likeness (QED) is 0.811. The number of rotatable bonds is 1. The molecule has 3 rings (SSSR count). The van der Waals surface area contributed by atoms with Gasteiger partial charge in [-0.1, -0.05) is 5.16 Å². The van der Waals surface area contributed by atoms with Crippen molar-refractivity contribution >= 4 is 17.2 Å². The second kappa shape index (κ2) is 4.83. The molecule has 1 aliphatic rings. The summed E-state index contributed by atoms with van der Waals surface area (Å²) < 4.78 is 41.6. The number of carbonyl (C=O) groups excluding carboxylic acids is 1. The van der Waals surface area contributed by atoms with Gasteiger partial charge in [0.05, 0.1) is 11.4 Å². The fourth-order valence-corrected chi connectivity index (χ4v) is 3.29. The summed E-state index contributed by atoms with van der Waals surface area (Å²) in [7, 11) is 0. The molecule has 0 saturated heterocycles. The van der Waals surface area contributed by atoms with Gasteiger partial charge in [-0.05, 0) is 18.1 Å². The topological polar surface area (TPSA) is 59.2 Å². The van der Waals surface area contributed by atoms with Gasteiger partial charge in [-0.3, -0.25) is 4.79 Å². The van der Waals surface area contributed by atoms with E-state index in [2.05, 4.69) is 14.7 Å². The SMILES string of the molecule is CC(=O)N1CCc2cc(-c3noc(C(F)(F)F)n3)sc2C1. The highest BCUT2D eigenvalue weighted by Crippen LogP contribution is 2.35. The normalized spacial score (nSPS) is 15.1. The molecule has 21 heavy (non-hydrogen) atoms. The van der Waals surface area contributed by atoms with E-state index in [1.165, 1.54) is 18.3 Å². The minimum atomic E-state index is -4.65. The molecule has 0 fully saturated rings. The summed E-state index contributed by atoms with van der Waals surface area (Å²) in [5.74, 6) is -1.44. The average molecular weight is 317 g/mol. The maximum absolute atomic E-state index is 12.4. The van der Waals surface area contributed by atoms with Gasteiger partial charge < -0.3 is 9.42 Å². The Kier molecular flexibility index (Phi) is 3.23. The Hall–Kier alpha value is -1.90. The fourth-order valence-electron chi connectivity index (χ4n) is 2.14. The Balaban J connectivity index is 1.89. The molecule has 1 amide bonds. The van der Waals surface area contributed by atoms with E-state index in [1.807, 2.05) is 0 Å². The van der Waals surface area contributed by atoms with Crippen molar-refractivity contribution in [3.8, 4) is 10.7 Å². The number of aromatic nitrogens is 2. The van der Waals surface area contributed by atoms with Gasteiger partial charge >= 0.3 is 12.1 Å². The number of hydrogen-bond acceptors (Lipinski definition) is 5. The van der Waals surface area contributed by atoms with Gasteiger partial charge in [-0.25, -0.2) is 0 Å². The highest BCUT2D eigenvalue weighted by molar-refractivity contribution is 7.15. The Morgan fingerprint density at radius 1 is 1.48 bits per heavy atom. The molecule has 5 nitrogen and oxygen atoms in total. The van der Waals surface area contributed by atoms with Gasteiger partial charge in [0.15, 0.2) is 0 Å². The summed E-state index contributed by atoms with van der Waals surface area (Å²) >= 11 is 1.29. The molecule has 0 aromatic carbocycles. The zero-order chi connectivity index (χ0) is 15.2. The largest absolute Gasteiger partial charge is 0.471 e. The van der Waals surface area contributed by atoms with Crippen LogP contribution in [-0.4, -0.2) is 27.5 Å². The van der Waals surface area contributed by atoms with Gasteiger partial charge in [-0.2, -0.15) is 18.2 Å². The predicted molar refractivity (Wildman–Crippen MR) is 67.4 cm³/mol. The van der Waals surface area contributed by atoms with Crippen LogP contribution in [0.4, 0.5) is 13.2 Å². The first kappa shape index (κ1) is 14.1. The molecule has 112 valence electrons. The van der Waals surface area contributed by atoms with Gasteiger partial charge in [0.25, 0.3) is 0 Å². The molecular weight excluding hydrogens is 307 g/mol. The average Bonchev–Trinajstić information content (AvgIpc) is 3.03. The van der Waals surface area contributed by atoms with E-state index in [1.54, 1.807) is 11.0 Å². The molecular formula is C12H10F3N3O2S. The predicted octanol–water partition coefficient (Wildman–Crippen LogP) is 2.72. The summed E-state index contributed by atoms with van der Waals surface area (Å²) in [6, 6.07) is 1.77. The van der Waals surface area contributed by atoms with Crippen molar-refractivity contribution < 1.29 is 22.5 Å². The van der Waals surface area contributed by atoms with Crippen LogP contribution in [-0.2, 0) is 23.9 Å². The first-order valence-corrected chi connectivity index (χ1v) is 6.94. The molecule has 9 heteroatoms. The van der Waals surface area contributed by atoms with E-state index in [4.69, 9.17) is 0 Å². The number of halogens is 3. The van der Waals surface area contributed by atoms with Crippen LogP contribution in [0.15, 0.2) is 10.6 Å². The van der Waals surface area contributed by atoms with Gasteiger partial charge in [0.2, 0.25) is 11.7 Å². The lowest BCUT2D eigenvalue weighted by molar-refractivity contribution is -0.159. The molecule has 0 bridgehead atoms. The second-order valence-corrected chi connectivity index (χ2v) is 5.81. The second-order valence-electron chi connectivity index (χ2n) is 4.67. The van der Waals surface area contributed by atoms with Crippen molar-refractivity contribution in [2.45, 2.75) is 26.1 Å². The zero-order valence-electron chi connectivity index (χ0n) is 10.9. The minimum Gasteiger partial charge on any atom is -0.337 e. The number of nitrogens with zero attached hydrogens (tertiary/aromatic N) is 3. The zero-order valence-corrected chi connectivity index (χ0v) is 11.7. The minimum absolute atomic E-state index is 0.0190. The number of hydrogen-bond donors (Lipinski definition) is 0. The van der Waals surface area contributed by atoms with E-state index in [0.717, 1.165) is 10.4 Å². The highest BCUT2D eigenvalue weighted by atomic mass is 32.1. The summed E-state index contributed by atoms with van der Waals surface area (Å²) in [6.07, 6.45) is -3.97. The van der Waals surface area contributed by atoms with E-state index >= 15 is 0 Å². The van der Waals surface area contributed by atoms with Crippen LogP contribution in [0.3, 0.4) is 0 Å². The van der Waals surface area contributed by atoms with E-state index < -0.39 is 12.1 Å². The van der Waals surface area contributed by atoms with E-state index in [-0.39, 0.29) is 11.7 Å². The summed E-state index contributed by atoms with van der Waals surface area (Å²) in [4.78, 5) is 17.9. The number of carbonyl (C=O) groups is 1. The van der Waals surface area contributed by atoms with Crippen molar-refractivity contribution in [1.29, 1.82) is 0 Å². The Labute approximate surface area is 121 Å². The van der Waals surface area contributed by atoms with Crippen molar-refractivity contribution in [1.82, 2.24) is 15.0 Å². The highest BCUT2D eigenvalue weighted by Gasteiger charge is 2.38. The standard InChI is InChI=1S/C12H10F3N3O2S/c1-6(19)18-3-2-7-4-8(21-9(7)5-18)10-16-11(20-17-10)12(13,14)15/h4H,2-3,5H2,1H3. The van der Waals surface area contributed by atoms with Crippen LogP contribution in [0.2, 0.25) is 0 Å². The molecule has 1 aliphatic heterocycles. The summed E-state index contributed by atoms with van der Waals surface area (Å²) in [5, 5.41) is 3.37. The van der Waals surface area contributed by atoms with E-state index in [0.29, 0.717) is 24.4 Å². The Bertz CT molecular complexity index is 692. The third-order valence-corrected chi connectivity index (χ3v) is 4.37. The smallest absolute Gasteiger partial charge is 0.337 e. The van der Waals surface area contributed by atoms with Crippen LogP contribution in [0.5, 0.6) is 0 Å². The molecule has 0 aliphatic carbocycles. The lowest BCUT2D eigenvalue weighted by Gasteiger charge is -2.25. The maximum atomic E-state index is 12.4. The molecule has 0 unspecified atom stereocenters. The van der Waals surface area contributed by atoms with Crippen molar-refractivity contribution in [3.05, 3.63) is 22.4 Å². The van der Waals surface area contributed by atoms with Crippen LogP contribution >= 0.6 is 11.3 Å². The number of alkyl halides is 3.